The van der Waals surface area contributed by atoms with Gasteiger partial charge in [-0.25, -0.2) is 4.79 Å². The van der Waals surface area contributed by atoms with Crippen molar-refractivity contribution in [2.75, 3.05) is 0 Å². The second-order valence-corrected chi connectivity index (χ2v) is 5.05. The number of carbonyl (C=O) groups excluding carboxylic acids is 1. The Labute approximate surface area is 104 Å². The molecule has 0 unspecified atom stereocenters. The number of nitrogens with one attached hydrogen (secondary N) is 1. The molecular formula is C13H18BNO2. The zero-order chi connectivity index (χ0) is 13.1. The Morgan fingerprint density at radius 2 is 2.06 bits per heavy atom. The summed E-state index contributed by atoms with van der Waals surface area (Å²) in [5.41, 5.74) is 2.29. The predicted octanol–water partition coefficient (Wildman–Crippen LogP) is 1.81. The molecule has 0 fully saturated rings. The molecule has 0 bridgehead atoms. The summed E-state index contributed by atoms with van der Waals surface area (Å²) < 4.78 is 5.14. The SMILES string of the molecule is [B]c1ccc(CNC(=O)OC(C)(C)C)cc1C. The van der Waals surface area contributed by atoms with Crippen LogP contribution in [-0.4, -0.2) is 19.5 Å². The summed E-state index contributed by atoms with van der Waals surface area (Å²) in [7, 11) is 5.72. The molecule has 0 aliphatic carbocycles. The average molecular weight is 231 g/mol. The molecule has 1 aromatic carbocycles. The summed E-state index contributed by atoms with van der Waals surface area (Å²) >= 11 is 0. The summed E-state index contributed by atoms with van der Waals surface area (Å²) in [6, 6.07) is 5.67. The third kappa shape index (κ3) is 4.94. The normalized spacial score (nSPS) is 11.1. The van der Waals surface area contributed by atoms with Gasteiger partial charge in [0, 0.05) is 6.54 Å². The monoisotopic (exact) mass is 231 g/mol. The van der Waals surface area contributed by atoms with Crippen molar-refractivity contribution in [3.05, 3.63) is 29.3 Å². The van der Waals surface area contributed by atoms with E-state index in [4.69, 9.17) is 12.6 Å². The number of benzene rings is 1. The van der Waals surface area contributed by atoms with Gasteiger partial charge in [-0.3, -0.25) is 0 Å². The first-order chi connectivity index (χ1) is 7.78. The van der Waals surface area contributed by atoms with E-state index in [1.807, 2.05) is 45.9 Å². The number of aryl methyl sites for hydroxylation is 1. The van der Waals surface area contributed by atoms with E-state index >= 15 is 0 Å². The van der Waals surface area contributed by atoms with E-state index in [-0.39, 0.29) is 0 Å². The summed E-state index contributed by atoms with van der Waals surface area (Å²) in [5.74, 6) is 0. The zero-order valence-electron chi connectivity index (χ0n) is 10.8. The first-order valence-electron chi connectivity index (χ1n) is 5.60. The number of carbonyl (C=O) groups is 1. The lowest BCUT2D eigenvalue weighted by Crippen LogP contribution is -2.32. The lowest BCUT2D eigenvalue weighted by Gasteiger charge is -2.19. The molecule has 1 amide bonds. The molecule has 2 radical (unpaired) electrons. The molecule has 0 aromatic heterocycles. The third-order valence-corrected chi connectivity index (χ3v) is 2.17. The van der Waals surface area contributed by atoms with Crippen LogP contribution >= 0.6 is 0 Å². The maximum Gasteiger partial charge on any atom is 0.407 e. The minimum atomic E-state index is -0.471. The summed E-state index contributed by atoms with van der Waals surface area (Å²) in [4.78, 5) is 11.4. The minimum absolute atomic E-state index is 0.410. The van der Waals surface area contributed by atoms with Gasteiger partial charge in [-0.15, -0.1) is 0 Å². The first kappa shape index (κ1) is 13.6. The highest BCUT2D eigenvalue weighted by Gasteiger charge is 2.15. The summed E-state index contributed by atoms with van der Waals surface area (Å²) in [6.45, 7) is 7.88. The molecule has 0 heterocycles. The molecular weight excluding hydrogens is 213 g/mol. The van der Waals surface area contributed by atoms with Crippen molar-refractivity contribution < 1.29 is 9.53 Å². The maximum atomic E-state index is 11.4. The molecule has 0 aliphatic rings. The van der Waals surface area contributed by atoms with Crippen molar-refractivity contribution in [3.8, 4) is 0 Å². The molecule has 1 aromatic rings. The van der Waals surface area contributed by atoms with Gasteiger partial charge in [0.15, 0.2) is 0 Å². The van der Waals surface area contributed by atoms with Gasteiger partial charge in [0.2, 0.25) is 0 Å². The smallest absolute Gasteiger partial charge is 0.407 e. The molecule has 3 nitrogen and oxygen atoms in total. The standard InChI is InChI=1S/C13H18BNO2/c1-9-7-10(5-6-11(9)14)8-15-12(16)17-13(2,3)4/h5-7H,8H2,1-4H3,(H,15,16). The van der Waals surface area contributed by atoms with Crippen molar-refractivity contribution in [2.45, 2.75) is 39.8 Å². The van der Waals surface area contributed by atoms with Crippen molar-refractivity contribution in [1.82, 2.24) is 5.32 Å². The van der Waals surface area contributed by atoms with E-state index in [2.05, 4.69) is 5.32 Å². The van der Waals surface area contributed by atoms with Crippen LogP contribution in [-0.2, 0) is 11.3 Å². The average Bonchev–Trinajstić information content (AvgIpc) is 2.17. The Bertz CT molecular complexity index is 410. The summed E-state index contributed by atoms with van der Waals surface area (Å²) in [5, 5.41) is 2.70. The van der Waals surface area contributed by atoms with E-state index in [9.17, 15) is 4.79 Å². The van der Waals surface area contributed by atoms with Crippen molar-refractivity contribution in [3.63, 3.8) is 0 Å². The van der Waals surface area contributed by atoms with Crippen LogP contribution in [0.15, 0.2) is 18.2 Å². The van der Waals surface area contributed by atoms with Gasteiger partial charge in [0.1, 0.15) is 13.4 Å². The fourth-order valence-corrected chi connectivity index (χ4v) is 1.34. The van der Waals surface area contributed by atoms with E-state index in [0.29, 0.717) is 6.54 Å². The van der Waals surface area contributed by atoms with Crippen molar-refractivity contribution in [1.29, 1.82) is 0 Å². The Kier molecular flexibility index (Phi) is 4.21. The minimum Gasteiger partial charge on any atom is -0.444 e. The largest absolute Gasteiger partial charge is 0.444 e. The number of hydrogen-bond donors (Lipinski definition) is 1. The van der Waals surface area contributed by atoms with Gasteiger partial charge in [-0.05, 0) is 33.3 Å². The number of amides is 1. The number of alkyl carbamates (subject to hydrolysis) is 1. The van der Waals surface area contributed by atoms with Gasteiger partial charge >= 0.3 is 6.09 Å². The van der Waals surface area contributed by atoms with Gasteiger partial charge in [0.05, 0.1) is 0 Å². The Balaban J connectivity index is 2.50. The summed E-state index contributed by atoms with van der Waals surface area (Å²) in [6.07, 6.45) is -0.410. The first-order valence-corrected chi connectivity index (χ1v) is 5.60. The maximum absolute atomic E-state index is 11.4. The fourth-order valence-electron chi connectivity index (χ4n) is 1.34. The number of rotatable bonds is 2. The molecule has 0 atom stereocenters. The highest BCUT2D eigenvalue weighted by Crippen LogP contribution is 2.07. The third-order valence-electron chi connectivity index (χ3n) is 2.17. The number of ether oxygens (including phenoxy) is 1. The molecule has 17 heavy (non-hydrogen) atoms. The topological polar surface area (TPSA) is 38.3 Å². The second-order valence-electron chi connectivity index (χ2n) is 5.05. The zero-order valence-corrected chi connectivity index (χ0v) is 10.8. The van der Waals surface area contributed by atoms with Gasteiger partial charge < -0.3 is 10.1 Å². The molecule has 1 rings (SSSR count). The molecule has 0 spiro atoms. The Morgan fingerprint density at radius 1 is 1.41 bits per heavy atom. The van der Waals surface area contributed by atoms with E-state index < -0.39 is 11.7 Å². The van der Waals surface area contributed by atoms with Crippen LogP contribution in [0.4, 0.5) is 4.79 Å². The van der Waals surface area contributed by atoms with Crippen LogP contribution in [0.5, 0.6) is 0 Å². The van der Waals surface area contributed by atoms with Gasteiger partial charge in [-0.1, -0.05) is 29.2 Å². The molecule has 1 N–H and O–H groups in total. The molecule has 4 heteroatoms. The molecule has 0 saturated heterocycles. The lowest BCUT2D eigenvalue weighted by molar-refractivity contribution is 0.0523. The van der Waals surface area contributed by atoms with Crippen LogP contribution in [0.3, 0.4) is 0 Å². The van der Waals surface area contributed by atoms with E-state index in [0.717, 1.165) is 16.6 Å². The Hall–Kier alpha value is -1.45. The van der Waals surface area contributed by atoms with Gasteiger partial charge in [-0.2, -0.15) is 0 Å². The quantitative estimate of drug-likeness (QED) is 0.788. The van der Waals surface area contributed by atoms with Crippen LogP contribution in [0.2, 0.25) is 0 Å². The Morgan fingerprint density at radius 3 is 2.59 bits per heavy atom. The lowest BCUT2D eigenvalue weighted by atomic mass is 9.90. The van der Waals surface area contributed by atoms with Crippen LogP contribution < -0.4 is 10.8 Å². The molecule has 0 aliphatic heterocycles. The highest BCUT2D eigenvalue weighted by molar-refractivity contribution is 6.33. The molecule has 0 saturated carbocycles. The van der Waals surface area contributed by atoms with Crippen LogP contribution in [0.1, 0.15) is 31.9 Å². The van der Waals surface area contributed by atoms with Crippen LogP contribution in [0, 0.1) is 6.92 Å². The van der Waals surface area contributed by atoms with E-state index in [1.165, 1.54) is 0 Å². The van der Waals surface area contributed by atoms with Crippen molar-refractivity contribution in [2.24, 2.45) is 0 Å². The van der Waals surface area contributed by atoms with Gasteiger partial charge in [0.25, 0.3) is 0 Å². The van der Waals surface area contributed by atoms with E-state index in [1.54, 1.807) is 0 Å². The van der Waals surface area contributed by atoms with Crippen LogP contribution in [0.25, 0.3) is 0 Å². The van der Waals surface area contributed by atoms with Crippen molar-refractivity contribution >= 4 is 19.4 Å². The number of hydrogen-bond acceptors (Lipinski definition) is 2. The second kappa shape index (κ2) is 5.26. The highest BCUT2D eigenvalue weighted by atomic mass is 16.6. The fraction of sp³-hybridized carbons (Fsp3) is 0.462. The molecule has 90 valence electrons. The predicted molar refractivity (Wildman–Crippen MR) is 69.6 cm³/mol.